The first-order valence-electron chi connectivity index (χ1n) is 12.7. The highest BCUT2D eigenvalue weighted by molar-refractivity contribution is 7.92. The zero-order valence-corrected chi connectivity index (χ0v) is 25.8. The predicted molar refractivity (Wildman–Crippen MR) is 162 cm³/mol. The molecule has 214 valence electrons. The van der Waals surface area contributed by atoms with Gasteiger partial charge in [0.2, 0.25) is 11.8 Å². The molecule has 2 amide bonds. The number of aryl methyl sites for hydroxylation is 1. The van der Waals surface area contributed by atoms with E-state index in [-0.39, 0.29) is 39.1 Å². The third-order valence-electron chi connectivity index (χ3n) is 6.15. The maximum absolute atomic E-state index is 14.1. The summed E-state index contributed by atoms with van der Waals surface area (Å²) < 4.78 is 28.8. The lowest BCUT2D eigenvalue weighted by Gasteiger charge is -2.33. The summed E-state index contributed by atoms with van der Waals surface area (Å²) >= 11 is 18.7. The Morgan fingerprint density at radius 3 is 2.08 bits per heavy atom. The highest BCUT2D eigenvalue weighted by Crippen LogP contribution is 2.33. The van der Waals surface area contributed by atoms with Gasteiger partial charge in [-0.05, 0) is 75.2 Å². The van der Waals surface area contributed by atoms with Crippen molar-refractivity contribution in [2.45, 2.75) is 57.6 Å². The van der Waals surface area contributed by atoms with Crippen LogP contribution in [0.15, 0.2) is 71.6 Å². The molecule has 0 aromatic heterocycles. The van der Waals surface area contributed by atoms with Gasteiger partial charge in [-0.25, -0.2) is 8.42 Å². The van der Waals surface area contributed by atoms with Crippen LogP contribution in [0.25, 0.3) is 0 Å². The topological polar surface area (TPSA) is 86.8 Å². The number of hydrogen-bond donors (Lipinski definition) is 1. The third-order valence-corrected chi connectivity index (χ3v) is 8.73. The monoisotopic (exact) mass is 623 g/mol. The summed E-state index contributed by atoms with van der Waals surface area (Å²) in [7, 11) is -4.26. The van der Waals surface area contributed by atoms with Crippen LogP contribution < -0.4 is 9.62 Å². The fourth-order valence-corrected chi connectivity index (χ4v) is 6.10. The molecular formula is C29H32Cl3N3O4S. The van der Waals surface area contributed by atoms with Gasteiger partial charge >= 0.3 is 0 Å². The van der Waals surface area contributed by atoms with Crippen molar-refractivity contribution >= 4 is 62.3 Å². The van der Waals surface area contributed by atoms with Gasteiger partial charge in [-0.2, -0.15) is 0 Å². The zero-order valence-electron chi connectivity index (χ0n) is 22.7. The molecule has 0 radical (unpaired) electrons. The number of carbonyl (C=O) groups excluding carboxylic acids is 2. The minimum Gasteiger partial charge on any atom is -0.352 e. The van der Waals surface area contributed by atoms with Crippen LogP contribution in [0.2, 0.25) is 15.1 Å². The molecule has 3 aromatic rings. The average molecular weight is 625 g/mol. The second kappa shape index (κ2) is 13.7. The summed E-state index contributed by atoms with van der Waals surface area (Å²) in [6.07, 6.45) is 0.306. The second-order valence-corrected chi connectivity index (χ2v) is 12.8. The molecule has 0 aliphatic rings. The summed E-state index contributed by atoms with van der Waals surface area (Å²) in [5.41, 5.74) is 1.65. The molecule has 3 aromatic carbocycles. The number of halogens is 3. The lowest BCUT2D eigenvalue weighted by atomic mass is 10.1. The van der Waals surface area contributed by atoms with Crippen LogP contribution in [0.4, 0.5) is 5.69 Å². The summed E-state index contributed by atoms with van der Waals surface area (Å²) in [6.45, 7) is 6.73. The molecule has 1 N–H and O–H groups in total. The smallest absolute Gasteiger partial charge is 0.264 e. The molecule has 3 rings (SSSR count). The van der Waals surface area contributed by atoms with Crippen LogP contribution in [0.1, 0.15) is 38.3 Å². The number of anilines is 1. The fourth-order valence-electron chi connectivity index (χ4n) is 4.11. The summed E-state index contributed by atoms with van der Waals surface area (Å²) in [6, 6.07) is 16.5. The molecule has 0 unspecified atom stereocenters. The third kappa shape index (κ3) is 7.91. The van der Waals surface area contributed by atoms with Crippen LogP contribution in [0.3, 0.4) is 0 Å². The Bertz CT molecular complexity index is 1450. The first kappa shape index (κ1) is 31.7. The number of benzene rings is 3. The van der Waals surface area contributed by atoms with E-state index in [4.69, 9.17) is 34.8 Å². The molecule has 0 saturated heterocycles. The summed E-state index contributed by atoms with van der Waals surface area (Å²) in [5.74, 6) is -0.930. The Kier molecular flexibility index (Phi) is 10.9. The SMILES string of the molecule is CC[C@H](C(=O)NC(C)C)N(Cc1ccc(Cl)cc1)C(=O)CN(c1cc(Cl)ccc1Cl)S(=O)(=O)c1ccc(C)cc1. The Labute approximate surface area is 251 Å². The number of carbonyl (C=O) groups is 2. The van der Waals surface area contributed by atoms with Crippen LogP contribution >= 0.6 is 34.8 Å². The quantitative estimate of drug-likeness (QED) is 0.265. The predicted octanol–water partition coefficient (Wildman–Crippen LogP) is 6.48. The van der Waals surface area contributed by atoms with Crippen molar-refractivity contribution in [1.29, 1.82) is 0 Å². The molecule has 40 heavy (non-hydrogen) atoms. The van der Waals surface area contributed by atoms with Crippen LogP contribution in [-0.4, -0.2) is 43.8 Å². The minimum atomic E-state index is -4.26. The number of amides is 2. The Morgan fingerprint density at radius 1 is 0.900 bits per heavy atom. The molecule has 11 heteroatoms. The molecule has 0 aliphatic carbocycles. The maximum Gasteiger partial charge on any atom is 0.264 e. The van der Waals surface area contributed by atoms with Crippen LogP contribution in [-0.2, 0) is 26.2 Å². The molecule has 0 saturated carbocycles. The molecule has 0 fully saturated rings. The van der Waals surface area contributed by atoms with Crippen molar-refractivity contribution in [3.05, 3.63) is 92.9 Å². The van der Waals surface area contributed by atoms with Gasteiger partial charge < -0.3 is 10.2 Å². The normalized spacial score (nSPS) is 12.2. The highest BCUT2D eigenvalue weighted by atomic mass is 35.5. The zero-order chi connectivity index (χ0) is 29.6. The van der Waals surface area contributed by atoms with Crippen molar-refractivity contribution in [1.82, 2.24) is 10.2 Å². The number of hydrogen-bond acceptors (Lipinski definition) is 4. The Balaban J connectivity index is 2.10. The van der Waals surface area contributed by atoms with Crippen LogP contribution in [0, 0.1) is 6.92 Å². The molecule has 7 nitrogen and oxygen atoms in total. The number of nitrogens with zero attached hydrogens (tertiary/aromatic N) is 2. The van der Waals surface area contributed by atoms with Gasteiger partial charge in [0, 0.05) is 22.6 Å². The Hall–Kier alpha value is -2.78. The van der Waals surface area contributed by atoms with Gasteiger partial charge in [0.1, 0.15) is 12.6 Å². The molecule has 0 spiro atoms. The fraction of sp³-hybridized carbons (Fsp3) is 0.310. The van der Waals surface area contributed by atoms with Gasteiger partial charge in [-0.1, -0.05) is 71.6 Å². The van der Waals surface area contributed by atoms with Crippen molar-refractivity contribution in [3.63, 3.8) is 0 Å². The van der Waals surface area contributed by atoms with Gasteiger partial charge in [0.25, 0.3) is 10.0 Å². The van der Waals surface area contributed by atoms with Gasteiger partial charge in [0.15, 0.2) is 0 Å². The molecule has 0 aliphatic heterocycles. The van der Waals surface area contributed by atoms with E-state index >= 15 is 0 Å². The number of sulfonamides is 1. The average Bonchev–Trinajstić information content (AvgIpc) is 2.89. The van der Waals surface area contributed by atoms with E-state index in [9.17, 15) is 18.0 Å². The lowest BCUT2D eigenvalue weighted by Crippen LogP contribution is -2.53. The largest absolute Gasteiger partial charge is 0.352 e. The maximum atomic E-state index is 14.1. The van der Waals surface area contributed by atoms with Crippen molar-refractivity contribution in [2.75, 3.05) is 10.8 Å². The van der Waals surface area contributed by atoms with Crippen molar-refractivity contribution in [3.8, 4) is 0 Å². The second-order valence-electron chi connectivity index (χ2n) is 9.66. The molecule has 0 heterocycles. The van der Waals surface area contributed by atoms with Crippen molar-refractivity contribution < 1.29 is 18.0 Å². The van der Waals surface area contributed by atoms with E-state index in [1.165, 1.54) is 35.2 Å². The Morgan fingerprint density at radius 2 is 1.50 bits per heavy atom. The standard InChI is InChI=1S/C29H32Cl3N3O4S/c1-5-26(29(37)33-19(2)3)34(17-21-8-10-22(30)11-9-21)28(36)18-35(27-16-23(31)12-15-25(27)32)40(38,39)24-13-6-20(4)7-14-24/h6-16,19,26H,5,17-18H2,1-4H3,(H,33,37)/t26-/m1/s1. The van der Waals surface area contributed by atoms with E-state index < -0.39 is 28.5 Å². The number of rotatable bonds is 11. The minimum absolute atomic E-state index is 0.0178. The molecule has 0 bridgehead atoms. The van der Waals surface area contributed by atoms with E-state index in [0.717, 1.165) is 15.4 Å². The number of nitrogens with one attached hydrogen (secondary N) is 1. The summed E-state index contributed by atoms with van der Waals surface area (Å²) in [4.78, 5) is 28.6. The first-order chi connectivity index (χ1) is 18.8. The van der Waals surface area contributed by atoms with Gasteiger partial charge in [0.05, 0.1) is 15.6 Å². The molecular weight excluding hydrogens is 593 g/mol. The van der Waals surface area contributed by atoms with E-state index in [1.54, 1.807) is 43.3 Å². The van der Waals surface area contributed by atoms with Crippen LogP contribution in [0.5, 0.6) is 0 Å². The summed E-state index contributed by atoms with van der Waals surface area (Å²) in [5, 5.41) is 3.73. The van der Waals surface area contributed by atoms with E-state index in [0.29, 0.717) is 11.4 Å². The first-order valence-corrected chi connectivity index (χ1v) is 15.3. The highest BCUT2D eigenvalue weighted by Gasteiger charge is 2.34. The lowest BCUT2D eigenvalue weighted by molar-refractivity contribution is -0.140. The molecule has 1 atom stereocenters. The van der Waals surface area contributed by atoms with Gasteiger partial charge in [-0.15, -0.1) is 0 Å². The van der Waals surface area contributed by atoms with Crippen molar-refractivity contribution in [2.24, 2.45) is 0 Å². The van der Waals surface area contributed by atoms with Gasteiger partial charge in [-0.3, -0.25) is 13.9 Å². The van der Waals surface area contributed by atoms with E-state index in [2.05, 4.69) is 5.32 Å². The van der Waals surface area contributed by atoms with E-state index in [1.807, 2.05) is 20.8 Å².